The zero-order chi connectivity index (χ0) is 21.1. The highest BCUT2D eigenvalue weighted by molar-refractivity contribution is 7.89. The maximum atomic E-state index is 14.2. The first-order valence-electron chi connectivity index (χ1n) is 9.96. The molecule has 1 aliphatic heterocycles. The number of halogens is 1. The van der Waals surface area contributed by atoms with E-state index in [0.29, 0.717) is 13.1 Å². The van der Waals surface area contributed by atoms with E-state index in [1.165, 1.54) is 22.8 Å². The summed E-state index contributed by atoms with van der Waals surface area (Å²) >= 11 is 0. The summed E-state index contributed by atoms with van der Waals surface area (Å²) < 4.78 is 42.4. The van der Waals surface area contributed by atoms with Crippen LogP contribution in [0.25, 0.3) is 33.2 Å². The molecule has 0 saturated carbocycles. The molecule has 0 spiro atoms. The molecule has 1 N–H and O–H groups in total. The third-order valence-corrected chi connectivity index (χ3v) is 8.02. The van der Waals surface area contributed by atoms with Gasteiger partial charge in [-0.15, -0.1) is 0 Å². The molecule has 9 heteroatoms. The lowest BCUT2D eigenvalue weighted by atomic mass is 9.88. The zero-order valence-electron chi connectivity index (χ0n) is 16.8. The van der Waals surface area contributed by atoms with Crippen molar-refractivity contribution in [1.29, 1.82) is 0 Å². The van der Waals surface area contributed by atoms with Crippen molar-refractivity contribution in [2.24, 2.45) is 0 Å². The summed E-state index contributed by atoms with van der Waals surface area (Å²) in [7, 11) is -3.26. The molecule has 1 aromatic carbocycles. The summed E-state index contributed by atoms with van der Waals surface area (Å²) in [5.41, 5.74) is 2.69. The molecular formula is C21H22FN5O2S. The number of nitrogens with one attached hydrogen (secondary N) is 1. The monoisotopic (exact) mass is 427 g/mol. The number of H-pyrrole nitrogens is 1. The first-order chi connectivity index (χ1) is 14.4. The van der Waals surface area contributed by atoms with Gasteiger partial charge in [0.15, 0.2) is 0 Å². The molecule has 4 aromatic rings. The number of sulfonamides is 1. The van der Waals surface area contributed by atoms with Crippen LogP contribution in [-0.4, -0.2) is 51.1 Å². The molecule has 1 saturated heterocycles. The summed E-state index contributed by atoms with van der Waals surface area (Å²) in [5.74, 6) is -0.252. The predicted octanol–water partition coefficient (Wildman–Crippen LogP) is 3.49. The molecule has 0 amide bonds. The zero-order valence-corrected chi connectivity index (χ0v) is 17.6. The molecule has 4 heterocycles. The molecule has 0 unspecified atom stereocenters. The van der Waals surface area contributed by atoms with Crippen molar-refractivity contribution in [1.82, 2.24) is 23.8 Å². The lowest BCUT2D eigenvalue weighted by Crippen LogP contribution is -2.63. The van der Waals surface area contributed by atoms with E-state index in [1.54, 1.807) is 13.0 Å². The van der Waals surface area contributed by atoms with E-state index in [0.717, 1.165) is 39.6 Å². The van der Waals surface area contributed by atoms with Crippen molar-refractivity contribution in [3.63, 3.8) is 0 Å². The Balaban J connectivity index is 1.71. The van der Waals surface area contributed by atoms with Crippen molar-refractivity contribution in [2.75, 3.05) is 18.8 Å². The van der Waals surface area contributed by atoms with Crippen LogP contribution in [0, 0.1) is 5.82 Å². The molecule has 0 bridgehead atoms. The van der Waals surface area contributed by atoms with Gasteiger partial charge in [0.25, 0.3) is 0 Å². The van der Waals surface area contributed by atoms with E-state index in [1.807, 2.05) is 30.0 Å². The average molecular weight is 428 g/mol. The second-order valence-electron chi connectivity index (χ2n) is 7.78. The standard InChI is InChI=1S/C21H22FN5O2S/c1-3-21(11-26(12-21)30(28,29)4-2)27-10-17(15-6-5-14(22)9-18(15)27)19-16-7-8-23-20(16)25-13-24-19/h5-10,13H,3-4,11-12H2,1-2H3,(H,23,24,25). The number of hydrogen-bond donors (Lipinski definition) is 1. The highest BCUT2D eigenvalue weighted by Gasteiger charge is 2.48. The number of aromatic amines is 1. The molecule has 156 valence electrons. The topological polar surface area (TPSA) is 83.9 Å². The number of fused-ring (bicyclic) bond motifs is 2. The molecule has 5 rings (SSSR count). The maximum absolute atomic E-state index is 14.2. The van der Waals surface area contributed by atoms with Gasteiger partial charge in [0.2, 0.25) is 10.0 Å². The van der Waals surface area contributed by atoms with Crippen LogP contribution in [0.5, 0.6) is 0 Å². The van der Waals surface area contributed by atoms with Gasteiger partial charge in [-0.2, -0.15) is 4.31 Å². The number of rotatable bonds is 5. The fourth-order valence-corrected chi connectivity index (χ4v) is 5.64. The van der Waals surface area contributed by atoms with Gasteiger partial charge in [-0.25, -0.2) is 22.8 Å². The highest BCUT2D eigenvalue weighted by atomic mass is 32.2. The van der Waals surface area contributed by atoms with Gasteiger partial charge in [-0.1, -0.05) is 6.92 Å². The Hall–Kier alpha value is -2.78. The molecule has 3 aromatic heterocycles. The van der Waals surface area contributed by atoms with Crippen molar-refractivity contribution >= 4 is 32.0 Å². The summed E-state index contributed by atoms with van der Waals surface area (Å²) in [5, 5.41) is 1.76. The third-order valence-electron chi connectivity index (χ3n) is 6.25. The van der Waals surface area contributed by atoms with Crippen molar-refractivity contribution < 1.29 is 12.8 Å². The Morgan fingerprint density at radius 1 is 1.17 bits per heavy atom. The van der Waals surface area contributed by atoms with Gasteiger partial charge in [0, 0.05) is 41.8 Å². The fraction of sp³-hybridized carbons (Fsp3) is 0.333. The summed E-state index contributed by atoms with van der Waals surface area (Å²) in [4.78, 5) is 11.9. The largest absolute Gasteiger partial charge is 0.346 e. The van der Waals surface area contributed by atoms with E-state index in [-0.39, 0.29) is 11.6 Å². The second-order valence-corrected chi connectivity index (χ2v) is 10.0. The van der Waals surface area contributed by atoms with E-state index in [4.69, 9.17) is 0 Å². The SMILES string of the molecule is CCC1(n2cc(-c3ncnc4[nH]ccc34)c3ccc(F)cc32)CN(S(=O)(=O)CC)C1. The molecule has 0 radical (unpaired) electrons. The van der Waals surface area contributed by atoms with Crippen LogP contribution in [-0.2, 0) is 15.6 Å². The van der Waals surface area contributed by atoms with Crippen LogP contribution in [0.2, 0.25) is 0 Å². The number of hydrogen-bond acceptors (Lipinski definition) is 4. The molecule has 1 aliphatic rings. The van der Waals surface area contributed by atoms with Gasteiger partial charge in [0.05, 0.1) is 22.5 Å². The van der Waals surface area contributed by atoms with Crippen molar-refractivity contribution in [2.45, 2.75) is 25.8 Å². The normalized spacial score (nSPS) is 16.9. The second kappa shape index (κ2) is 6.61. The Kier molecular flexibility index (Phi) is 4.23. The first kappa shape index (κ1) is 19.2. The van der Waals surface area contributed by atoms with Gasteiger partial charge in [-0.05, 0) is 37.6 Å². The minimum atomic E-state index is -3.26. The van der Waals surface area contributed by atoms with Gasteiger partial charge < -0.3 is 9.55 Å². The maximum Gasteiger partial charge on any atom is 0.213 e. The van der Waals surface area contributed by atoms with Gasteiger partial charge in [0.1, 0.15) is 17.8 Å². The average Bonchev–Trinajstić information content (AvgIpc) is 3.32. The molecule has 1 fully saturated rings. The van der Waals surface area contributed by atoms with Crippen LogP contribution in [0.1, 0.15) is 20.3 Å². The summed E-state index contributed by atoms with van der Waals surface area (Å²) in [6, 6.07) is 6.65. The number of benzene rings is 1. The Morgan fingerprint density at radius 2 is 1.97 bits per heavy atom. The lowest BCUT2D eigenvalue weighted by Gasteiger charge is -2.50. The van der Waals surface area contributed by atoms with Crippen molar-refractivity contribution in [3.05, 3.63) is 48.8 Å². The number of nitrogens with zero attached hydrogens (tertiary/aromatic N) is 4. The van der Waals surface area contributed by atoms with E-state index in [2.05, 4.69) is 15.0 Å². The Labute approximate surface area is 173 Å². The van der Waals surface area contributed by atoms with Crippen LogP contribution in [0.15, 0.2) is 43.0 Å². The van der Waals surface area contributed by atoms with Gasteiger partial charge in [-0.3, -0.25) is 0 Å². The highest BCUT2D eigenvalue weighted by Crippen LogP contribution is 2.41. The molecule has 0 aliphatic carbocycles. The van der Waals surface area contributed by atoms with E-state index in [9.17, 15) is 12.8 Å². The minimum absolute atomic E-state index is 0.0749. The smallest absolute Gasteiger partial charge is 0.213 e. The predicted molar refractivity (Wildman–Crippen MR) is 114 cm³/mol. The molecular weight excluding hydrogens is 405 g/mol. The minimum Gasteiger partial charge on any atom is -0.346 e. The number of aromatic nitrogens is 4. The molecule has 30 heavy (non-hydrogen) atoms. The van der Waals surface area contributed by atoms with Crippen LogP contribution in [0.4, 0.5) is 4.39 Å². The third kappa shape index (κ3) is 2.69. The summed E-state index contributed by atoms with van der Waals surface area (Å²) in [6.07, 6.45) is 6.04. The van der Waals surface area contributed by atoms with Gasteiger partial charge >= 0.3 is 0 Å². The quantitative estimate of drug-likeness (QED) is 0.528. The fourth-order valence-electron chi connectivity index (χ4n) is 4.40. The van der Waals surface area contributed by atoms with E-state index >= 15 is 0 Å². The van der Waals surface area contributed by atoms with Crippen LogP contribution < -0.4 is 0 Å². The first-order valence-corrected chi connectivity index (χ1v) is 11.6. The van der Waals surface area contributed by atoms with Crippen LogP contribution in [0.3, 0.4) is 0 Å². The molecule has 0 atom stereocenters. The Bertz CT molecular complexity index is 1370. The summed E-state index contributed by atoms with van der Waals surface area (Å²) in [6.45, 7) is 4.44. The van der Waals surface area contributed by atoms with Crippen molar-refractivity contribution in [3.8, 4) is 11.3 Å². The van der Waals surface area contributed by atoms with E-state index < -0.39 is 15.6 Å². The van der Waals surface area contributed by atoms with Crippen LogP contribution >= 0.6 is 0 Å². The molecule has 7 nitrogen and oxygen atoms in total. The lowest BCUT2D eigenvalue weighted by molar-refractivity contribution is 0.0805. The Morgan fingerprint density at radius 3 is 2.70 bits per heavy atom.